The highest BCUT2D eigenvalue weighted by Gasteiger charge is 2.50. The molecule has 0 radical (unpaired) electrons. The van der Waals surface area contributed by atoms with Crippen molar-refractivity contribution in [1.29, 1.82) is 0 Å². The van der Waals surface area contributed by atoms with E-state index < -0.39 is 5.41 Å². The molecule has 5 heteroatoms. The minimum atomic E-state index is -0.552. The van der Waals surface area contributed by atoms with Crippen LogP contribution >= 0.6 is 0 Å². The van der Waals surface area contributed by atoms with Gasteiger partial charge in [-0.05, 0) is 65.7 Å². The molecule has 6 aromatic rings. The summed E-state index contributed by atoms with van der Waals surface area (Å²) in [6.45, 7) is 7.30. The summed E-state index contributed by atoms with van der Waals surface area (Å²) in [5.41, 5.74) is 8.20. The Morgan fingerprint density at radius 3 is 1.73 bits per heavy atom. The molecule has 192 valence electrons. The van der Waals surface area contributed by atoms with Gasteiger partial charge in [0.05, 0.1) is 16.8 Å². The van der Waals surface area contributed by atoms with E-state index in [1.54, 1.807) is 12.3 Å². The average Bonchev–Trinajstić information content (AvgIpc) is 3.05. The number of ether oxygens (including phenoxy) is 1. The molecule has 5 nitrogen and oxygen atoms in total. The van der Waals surface area contributed by atoms with E-state index >= 15 is 0 Å². The van der Waals surface area contributed by atoms with Crippen LogP contribution < -0.4 is 9.64 Å². The SMILES string of the molecule is [C-]#[N+]c1ccnc(-c2ccc(N3c4ccccc4C4(c5ccccc5Oc5ccccc54)c4ccccc43)cc2)n1. The van der Waals surface area contributed by atoms with Crippen LogP contribution in [-0.2, 0) is 5.41 Å². The second-order valence-electron chi connectivity index (χ2n) is 10.1. The standard InChI is InChI=1S/C36H22N4O/c1-37-34-22-23-38-35(39-34)24-18-20-25(21-19-24)40-30-14-6-2-10-26(30)36(27-11-3-7-15-31(27)40)28-12-4-8-16-32(28)41-33-17-9-5-13-29(33)36/h2-23H. The van der Waals surface area contributed by atoms with Gasteiger partial charge in [-0.2, -0.15) is 0 Å². The molecule has 3 heterocycles. The van der Waals surface area contributed by atoms with Gasteiger partial charge in [0.1, 0.15) is 11.5 Å². The molecule has 0 aliphatic carbocycles. The van der Waals surface area contributed by atoms with Gasteiger partial charge in [0.2, 0.25) is 0 Å². The molecule has 41 heavy (non-hydrogen) atoms. The second kappa shape index (κ2) is 8.90. The van der Waals surface area contributed by atoms with E-state index in [0.717, 1.165) is 45.3 Å². The number of nitrogens with zero attached hydrogens (tertiary/aromatic N) is 4. The molecule has 0 bridgehead atoms. The molecule has 8 rings (SSSR count). The van der Waals surface area contributed by atoms with Crippen LogP contribution in [0.4, 0.5) is 22.9 Å². The van der Waals surface area contributed by atoms with E-state index in [2.05, 4.69) is 117 Å². The van der Waals surface area contributed by atoms with Crippen LogP contribution in [0.1, 0.15) is 22.3 Å². The van der Waals surface area contributed by atoms with Crippen LogP contribution in [0.3, 0.4) is 0 Å². The van der Waals surface area contributed by atoms with Gasteiger partial charge in [0.25, 0.3) is 11.6 Å². The zero-order chi connectivity index (χ0) is 27.4. The highest BCUT2D eigenvalue weighted by atomic mass is 16.5. The Hall–Kier alpha value is -5.73. The van der Waals surface area contributed by atoms with Crippen molar-refractivity contribution >= 4 is 22.9 Å². The number of para-hydroxylation sites is 4. The quantitative estimate of drug-likeness (QED) is 0.211. The summed E-state index contributed by atoms with van der Waals surface area (Å²) < 4.78 is 6.47. The molecule has 2 aliphatic heterocycles. The van der Waals surface area contributed by atoms with Gasteiger partial charge in [-0.1, -0.05) is 84.4 Å². The van der Waals surface area contributed by atoms with Crippen molar-refractivity contribution in [3.8, 4) is 22.9 Å². The number of rotatable bonds is 2. The topological polar surface area (TPSA) is 42.6 Å². The maximum atomic E-state index is 7.30. The largest absolute Gasteiger partial charge is 0.457 e. The minimum Gasteiger partial charge on any atom is -0.457 e. The zero-order valence-electron chi connectivity index (χ0n) is 21.9. The predicted molar refractivity (Wildman–Crippen MR) is 160 cm³/mol. The van der Waals surface area contributed by atoms with Crippen molar-refractivity contribution in [2.24, 2.45) is 0 Å². The van der Waals surface area contributed by atoms with Crippen LogP contribution in [0.5, 0.6) is 11.5 Å². The number of hydrogen-bond acceptors (Lipinski definition) is 4. The van der Waals surface area contributed by atoms with Gasteiger partial charge in [-0.15, -0.1) is 0 Å². The maximum Gasteiger partial charge on any atom is 0.273 e. The van der Waals surface area contributed by atoms with Crippen LogP contribution in [0, 0.1) is 6.57 Å². The summed E-state index contributed by atoms with van der Waals surface area (Å²) in [4.78, 5) is 14.6. The van der Waals surface area contributed by atoms with Crippen molar-refractivity contribution in [3.05, 3.63) is 167 Å². The highest BCUT2D eigenvalue weighted by Crippen LogP contribution is 2.62. The summed E-state index contributed by atoms with van der Waals surface area (Å²) in [5, 5.41) is 0. The lowest BCUT2D eigenvalue weighted by Gasteiger charge is -2.48. The average molecular weight is 527 g/mol. The van der Waals surface area contributed by atoms with E-state index in [4.69, 9.17) is 11.3 Å². The smallest absolute Gasteiger partial charge is 0.273 e. The van der Waals surface area contributed by atoms with Crippen molar-refractivity contribution in [2.45, 2.75) is 5.41 Å². The number of anilines is 3. The molecule has 1 spiro atoms. The number of benzene rings is 5. The van der Waals surface area contributed by atoms with Crippen molar-refractivity contribution in [1.82, 2.24) is 9.97 Å². The predicted octanol–water partition coefficient (Wildman–Crippen LogP) is 8.97. The first-order valence-electron chi connectivity index (χ1n) is 13.5. The van der Waals surface area contributed by atoms with Crippen molar-refractivity contribution in [2.75, 3.05) is 4.90 Å². The fourth-order valence-corrected chi connectivity index (χ4v) is 6.41. The van der Waals surface area contributed by atoms with E-state index in [-0.39, 0.29) is 0 Å². The Morgan fingerprint density at radius 1 is 0.610 bits per heavy atom. The molecule has 5 aromatic carbocycles. The molecule has 0 unspecified atom stereocenters. The fraction of sp³-hybridized carbons (Fsp3) is 0.0278. The monoisotopic (exact) mass is 526 g/mol. The fourth-order valence-electron chi connectivity index (χ4n) is 6.41. The van der Waals surface area contributed by atoms with Crippen LogP contribution in [0.2, 0.25) is 0 Å². The molecule has 0 fully saturated rings. The first kappa shape index (κ1) is 23.2. The molecule has 1 aromatic heterocycles. The molecular weight excluding hydrogens is 504 g/mol. The third kappa shape index (κ3) is 3.28. The van der Waals surface area contributed by atoms with Gasteiger partial charge in [-0.3, -0.25) is 0 Å². The van der Waals surface area contributed by atoms with Gasteiger partial charge in [-0.25, -0.2) is 4.98 Å². The molecule has 0 amide bonds. The van der Waals surface area contributed by atoms with Crippen LogP contribution in [-0.4, -0.2) is 9.97 Å². The minimum absolute atomic E-state index is 0.334. The summed E-state index contributed by atoms with van der Waals surface area (Å²) in [6.07, 6.45) is 1.63. The van der Waals surface area contributed by atoms with Gasteiger partial charge in [0, 0.05) is 28.6 Å². The zero-order valence-corrected chi connectivity index (χ0v) is 21.9. The Labute approximate surface area is 237 Å². The Balaban J connectivity index is 1.38. The summed E-state index contributed by atoms with van der Waals surface area (Å²) in [6, 6.07) is 44.0. The number of aromatic nitrogens is 2. The third-order valence-corrected chi connectivity index (χ3v) is 8.04. The molecule has 0 N–H and O–H groups in total. The Kier molecular flexibility index (Phi) is 5.03. The number of fused-ring (bicyclic) bond motifs is 8. The summed E-state index contributed by atoms with van der Waals surface area (Å²) in [5.74, 6) is 2.62. The Bertz CT molecular complexity index is 1910. The van der Waals surface area contributed by atoms with E-state index in [9.17, 15) is 0 Å². The lowest BCUT2D eigenvalue weighted by Crippen LogP contribution is -2.39. The highest BCUT2D eigenvalue weighted by molar-refractivity contribution is 5.91. The van der Waals surface area contributed by atoms with Gasteiger partial charge in [0.15, 0.2) is 0 Å². The van der Waals surface area contributed by atoms with Gasteiger partial charge >= 0.3 is 0 Å². The molecule has 0 saturated heterocycles. The van der Waals surface area contributed by atoms with E-state index in [0.29, 0.717) is 11.6 Å². The number of hydrogen-bond donors (Lipinski definition) is 0. The molecular formula is C36H22N4O. The van der Waals surface area contributed by atoms with E-state index in [1.165, 1.54) is 11.1 Å². The first-order chi connectivity index (χ1) is 20.3. The van der Waals surface area contributed by atoms with Crippen molar-refractivity contribution in [3.63, 3.8) is 0 Å². The first-order valence-corrected chi connectivity index (χ1v) is 13.5. The van der Waals surface area contributed by atoms with Crippen LogP contribution in [0.25, 0.3) is 16.2 Å². The molecule has 0 atom stereocenters. The lowest BCUT2D eigenvalue weighted by molar-refractivity contribution is 0.434. The third-order valence-electron chi connectivity index (χ3n) is 8.04. The van der Waals surface area contributed by atoms with E-state index in [1.807, 2.05) is 24.3 Å². The summed E-state index contributed by atoms with van der Waals surface area (Å²) in [7, 11) is 0. The normalized spacial score (nSPS) is 13.7. The maximum absolute atomic E-state index is 7.30. The second-order valence-corrected chi connectivity index (χ2v) is 10.1. The van der Waals surface area contributed by atoms with Crippen molar-refractivity contribution < 1.29 is 4.74 Å². The lowest BCUT2D eigenvalue weighted by atomic mass is 9.61. The van der Waals surface area contributed by atoms with Crippen LogP contribution in [0.15, 0.2) is 134 Å². The Morgan fingerprint density at radius 2 is 1.15 bits per heavy atom. The molecule has 0 saturated carbocycles. The summed E-state index contributed by atoms with van der Waals surface area (Å²) >= 11 is 0. The molecule has 2 aliphatic rings. The van der Waals surface area contributed by atoms with Gasteiger partial charge < -0.3 is 14.5 Å².